The van der Waals surface area contributed by atoms with Crippen molar-refractivity contribution in [1.82, 2.24) is 9.97 Å². The summed E-state index contributed by atoms with van der Waals surface area (Å²) in [6.45, 7) is 4.39. The normalized spacial score (nSPS) is 11.2. The van der Waals surface area contributed by atoms with Gasteiger partial charge in [-0.05, 0) is 32.4 Å². The van der Waals surface area contributed by atoms with E-state index in [9.17, 15) is 29.4 Å². The molecule has 0 aliphatic rings. The van der Waals surface area contributed by atoms with Crippen molar-refractivity contribution in [3.8, 4) is 0 Å². The van der Waals surface area contributed by atoms with Gasteiger partial charge >= 0.3 is 11.9 Å². The lowest BCUT2D eigenvalue weighted by molar-refractivity contribution is 0.0679. The van der Waals surface area contributed by atoms with E-state index >= 15 is 0 Å². The van der Waals surface area contributed by atoms with Crippen LogP contribution in [0.2, 0.25) is 0 Å². The lowest BCUT2D eigenvalue weighted by atomic mass is 10.00. The smallest absolute Gasteiger partial charge is 0.352 e. The number of fused-ring (bicyclic) bond motifs is 3. The zero-order valence-electron chi connectivity index (χ0n) is 13.6. The molecule has 0 saturated carbocycles. The number of carboxylic acids is 2. The second kappa shape index (κ2) is 5.30. The Balaban J connectivity index is 2.70. The van der Waals surface area contributed by atoms with E-state index in [2.05, 4.69) is 9.97 Å². The molecule has 0 saturated heterocycles. The van der Waals surface area contributed by atoms with E-state index in [1.165, 1.54) is 19.9 Å². The number of aryl methyl sites for hydroxylation is 1. The Bertz CT molecular complexity index is 1220. The molecule has 0 aliphatic carbocycles. The zero-order chi connectivity index (χ0) is 18.6. The molecule has 1 aromatic carbocycles. The molecule has 0 spiro atoms. The van der Waals surface area contributed by atoms with E-state index in [0.717, 1.165) is 0 Å². The minimum Gasteiger partial charge on any atom is -0.477 e. The summed E-state index contributed by atoms with van der Waals surface area (Å²) in [7, 11) is 0. The molecular formula is C17H14N2O6. The third kappa shape index (κ3) is 2.22. The van der Waals surface area contributed by atoms with E-state index in [1.807, 2.05) is 0 Å². The van der Waals surface area contributed by atoms with Crippen molar-refractivity contribution in [3.05, 3.63) is 54.6 Å². The van der Waals surface area contributed by atoms with Gasteiger partial charge in [-0.25, -0.2) is 9.59 Å². The third-order valence-electron chi connectivity index (χ3n) is 4.36. The van der Waals surface area contributed by atoms with E-state index in [0.29, 0.717) is 5.56 Å². The molecule has 0 aliphatic heterocycles. The van der Waals surface area contributed by atoms with Gasteiger partial charge in [0.25, 0.3) is 0 Å². The van der Waals surface area contributed by atoms with Crippen molar-refractivity contribution in [2.24, 2.45) is 0 Å². The maximum absolute atomic E-state index is 12.7. The Kier molecular flexibility index (Phi) is 3.49. The molecule has 3 rings (SSSR count). The van der Waals surface area contributed by atoms with Crippen molar-refractivity contribution < 1.29 is 19.8 Å². The van der Waals surface area contributed by atoms with Crippen LogP contribution in [0, 0.1) is 20.8 Å². The van der Waals surface area contributed by atoms with Crippen LogP contribution in [-0.2, 0) is 0 Å². The number of aromatic nitrogens is 2. The summed E-state index contributed by atoms with van der Waals surface area (Å²) in [5.41, 5.74) is -0.762. The molecular weight excluding hydrogens is 328 g/mol. The number of hydrogen-bond acceptors (Lipinski definition) is 4. The van der Waals surface area contributed by atoms with Crippen LogP contribution in [0.5, 0.6) is 0 Å². The molecule has 2 aromatic heterocycles. The van der Waals surface area contributed by atoms with Gasteiger partial charge in [0.2, 0.25) is 0 Å². The van der Waals surface area contributed by atoms with Crippen LogP contribution in [0.3, 0.4) is 0 Å². The molecule has 0 amide bonds. The van der Waals surface area contributed by atoms with Crippen LogP contribution >= 0.6 is 0 Å². The fraction of sp³-hybridized carbons (Fsp3) is 0.176. The van der Waals surface area contributed by atoms with Crippen LogP contribution in [0.25, 0.3) is 21.8 Å². The Morgan fingerprint density at radius 2 is 1.32 bits per heavy atom. The van der Waals surface area contributed by atoms with Crippen LogP contribution in [0.4, 0.5) is 0 Å². The highest BCUT2D eigenvalue weighted by atomic mass is 16.4. The number of benzene rings is 1. The molecule has 25 heavy (non-hydrogen) atoms. The van der Waals surface area contributed by atoms with E-state index in [1.54, 1.807) is 6.92 Å². The molecule has 3 aromatic rings. The molecule has 8 heteroatoms. The van der Waals surface area contributed by atoms with Gasteiger partial charge < -0.3 is 20.2 Å². The second-order valence-corrected chi connectivity index (χ2v) is 5.88. The van der Waals surface area contributed by atoms with Crippen molar-refractivity contribution in [2.45, 2.75) is 20.8 Å². The SMILES string of the molecule is Cc1c(C(=O)O)[nH]c2c(cc(C)c3[nH]c(C(=O)O)c(C)c(=O)c32)c1=O. The van der Waals surface area contributed by atoms with E-state index in [4.69, 9.17) is 0 Å². The first kappa shape index (κ1) is 16.4. The molecule has 0 bridgehead atoms. The number of rotatable bonds is 2. The monoisotopic (exact) mass is 342 g/mol. The minimum absolute atomic E-state index is 0.0230. The lowest BCUT2D eigenvalue weighted by Crippen LogP contribution is -2.20. The van der Waals surface area contributed by atoms with E-state index in [-0.39, 0.29) is 44.3 Å². The quantitative estimate of drug-likeness (QED) is 0.522. The predicted molar refractivity (Wildman–Crippen MR) is 90.8 cm³/mol. The number of aromatic amines is 2. The number of H-pyrrole nitrogens is 2. The standard InChI is InChI=1S/C17H14N2O6/c1-5-4-8-13(19-11(16(22)23)6(2)14(8)20)9-10(5)18-12(17(24)25)7(3)15(9)21/h4H,1-3H3,(H,18,21)(H,19,20)(H,22,23)(H,24,25). The highest BCUT2D eigenvalue weighted by molar-refractivity contribution is 6.08. The second-order valence-electron chi connectivity index (χ2n) is 5.88. The Labute approximate surface area is 139 Å². The van der Waals surface area contributed by atoms with Gasteiger partial charge in [0.1, 0.15) is 11.4 Å². The summed E-state index contributed by atoms with van der Waals surface area (Å²) >= 11 is 0. The summed E-state index contributed by atoms with van der Waals surface area (Å²) in [5, 5.41) is 18.8. The van der Waals surface area contributed by atoms with E-state index < -0.39 is 22.8 Å². The van der Waals surface area contributed by atoms with Crippen LogP contribution < -0.4 is 10.9 Å². The number of pyridine rings is 2. The molecule has 2 heterocycles. The fourth-order valence-electron chi connectivity index (χ4n) is 3.00. The van der Waals surface area contributed by atoms with Crippen molar-refractivity contribution in [3.63, 3.8) is 0 Å². The highest BCUT2D eigenvalue weighted by Gasteiger charge is 2.21. The zero-order valence-corrected chi connectivity index (χ0v) is 13.6. The number of aromatic carboxylic acids is 2. The first-order valence-electron chi connectivity index (χ1n) is 7.34. The summed E-state index contributed by atoms with van der Waals surface area (Å²) < 4.78 is 0. The van der Waals surface area contributed by atoms with Crippen molar-refractivity contribution in [2.75, 3.05) is 0 Å². The van der Waals surface area contributed by atoms with Gasteiger partial charge in [-0.1, -0.05) is 0 Å². The topological polar surface area (TPSA) is 140 Å². The lowest BCUT2D eigenvalue weighted by Gasteiger charge is -2.12. The van der Waals surface area contributed by atoms with Crippen LogP contribution in [-0.4, -0.2) is 32.1 Å². The molecule has 8 nitrogen and oxygen atoms in total. The fourth-order valence-corrected chi connectivity index (χ4v) is 3.00. The summed E-state index contributed by atoms with van der Waals surface area (Å²) in [5.74, 6) is -2.60. The van der Waals surface area contributed by atoms with Gasteiger partial charge in [0.15, 0.2) is 10.9 Å². The van der Waals surface area contributed by atoms with Crippen molar-refractivity contribution >= 4 is 33.7 Å². The average Bonchev–Trinajstić information content (AvgIpc) is 2.53. The Morgan fingerprint density at radius 1 is 0.840 bits per heavy atom. The summed E-state index contributed by atoms with van der Waals surface area (Å²) in [6.07, 6.45) is 0. The molecule has 0 radical (unpaired) electrons. The van der Waals surface area contributed by atoms with Gasteiger partial charge in [-0.15, -0.1) is 0 Å². The Hall–Kier alpha value is -3.42. The highest BCUT2D eigenvalue weighted by Crippen LogP contribution is 2.24. The number of nitrogens with one attached hydrogen (secondary N) is 2. The van der Waals surface area contributed by atoms with Gasteiger partial charge in [0, 0.05) is 16.5 Å². The first-order valence-corrected chi connectivity index (χ1v) is 7.34. The summed E-state index contributed by atoms with van der Waals surface area (Å²) in [6, 6.07) is 1.51. The molecule has 0 fully saturated rings. The largest absolute Gasteiger partial charge is 0.477 e. The van der Waals surface area contributed by atoms with Gasteiger partial charge in [-0.2, -0.15) is 0 Å². The maximum atomic E-state index is 12.7. The number of carbonyl (C=O) groups is 2. The van der Waals surface area contributed by atoms with Gasteiger partial charge in [-0.3, -0.25) is 9.59 Å². The van der Waals surface area contributed by atoms with Gasteiger partial charge in [0.05, 0.1) is 16.4 Å². The molecule has 0 unspecified atom stereocenters. The molecule has 0 atom stereocenters. The third-order valence-corrected chi connectivity index (χ3v) is 4.36. The first-order chi connectivity index (χ1) is 11.6. The molecule has 128 valence electrons. The number of carboxylic acid groups (broad SMARTS) is 2. The predicted octanol–water partition coefficient (Wildman–Crippen LogP) is 1.69. The summed E-state index contributed by atoms with van der Waals surface area (Å²) in [4.78, 5) is 53.4. The Morgan fingerprint density at radius 3 is 1.84 bits per heavy atom. The molecule has 4 N–H and O–H groups in total. The average molecular weight is 342 g/mol. The van der Waals surface area contributed by atoms with Crippen LogP contribution in [0.1, 0.15) is 37.7 Å². The minimum atomic E-state index is -1.32. The maximum Gasteiger partial charge on any atom is 0.352 e. The number of hydrogen-bond donors (Lipinski definition) is 4. The van der Waals surface area contributed by atoms with Crippen molar-refractivity contribution in [1.29, 1.82) is 0 Å². The van der Waals surface area contributed by atoms with Crippen LogP contribution in [0.15, 0.2) is 15.7 Å².